The number of thiocarbonyl (C=S) groups is 1. The van der Waals surface area contributed by atoms with E-state index in [1.165, 1.54) is 0 Å². The summed E-state index contributed by atoms with van der Waals surface area (Å²) >= 11 is 4.81. The van der Waals surface area contributed by atoms with E-state index in [-0.39, 0.29) is 0 Å². The molecule has 0 aliphatic carbocycles. The summed E-state index contributed by atoms with van der Waals surface area (Å²) < 4.78 is 5.26. The maximum Gasteiger partial charge on any atom is 0.119 e. The summed E-state index contributed by atoms with van der Waals surface area (Å²) in [5.41, 5.74) is 6.30. The molecule has 64 valence electrons. The van der Waals surface area contributed by atoms with Crippen LogP contribution >= 0.6 is 12.2 Å². The number of benzene rings is 1. The average Bonchev–Trinajstić information content (AvgIpc) is 2.06. The van der Waals surface area contributed by atoms with Crippen LogP contribution in [-0.4, -0.2) is 11.6 Å². The number of nitrogens with two attached hydrogens (primary N) is 1. The van der Waals surface area contributed by atoms with Gasteiger partial charge in [-0.2, -0.15) is 0 Å². The Morgan fingerprint density at radius 1 is 1.42 bits per heavy atom. The molecule has 0 aliphatic rings. The van der Waals surface area contributed by atoms with Crippen LogP contribution in [0.4, 0.5) is 0 Å². The molecule has 0 unspecified atom stereocenters. The summed E-state index contributed by atoms with van der Waals surface area (Å²) in [6, 6.07) is 7.43. The zero-order valence-electron chi connectivity index (χ0n) is 6.91. The van der Waals surface area contributed by atoms with E-state index in [4.69, 9.17) is 22.7 Å². The number of hydrogen-bond acceptors (Lipinski definition) is 2. The zero-order chi connectivity index (χ0) is 8.97. The van der Waals surface area contributed by atoms with E-state index < -0.39 is 0 Å². The second-order valence-electron chi connectivity index (χ2n) is 2.32. The standard InChI is InChI=1S/C9H11NOS/c1-2-11-8-5-3-7(4-6-8)9(10)12/h3-6H,2H2,1H3,(H2,10,12). The van der Waals surface area contributed by atoms with Gasteiger partial charge in [-0.1, -0.05) is 12.2 Å². The molecule has 0 atom stereocenters. The molecule has 0 saturated heterocycles. The molecule has 0 aliphatic heterocycles. The van der Waals surface area contributed by atoms with Crippen LogP contribution < -0.4 is 10.5 Å². The van der Waals surface area contributed by atoms with Crippen LogP contribution in [0.1, 0.15) is 12.5 Å². The fourth-order valence-corrected chi connectivity index (χ4v) is 1.02. The van der Waals surface area contributed by atoms with Crippen molar-refractivity contribution in [3.63, 3.8) is 0 Å². The Morgan fingerprint density at radius 2 is 2.00 bits per heavy atom. The zero-order valence-corrected chi connectivity index (χ0v) is 7.73. The molecule has 1 aromatic carbocycles. The summed E-state index contributed by atoms with van der Waals surface area (Å²) in [6.07, 6.45) is 0. The van der Waals surface area contributed by atoms with E-state index >= 15 is 0 Å². The predicted molar refractivity (Wildman–Crippen MR) is 53.5 cm³/mol. The van der Waals surface area contributed by atoms with Gasteiger partial charge in [0.25, 0.3) is 0 Å². The minimum atomic E-state index is 0.415. The van der Waals surface area contributed by atoms with Crippen LogP contribution in [0.3, 0.4) is 0 Å². The number of ether oxygens (including phenoxy) is 1. The molecule has 0 radical (unpaired) electrons. The Labute approximate surface area is 77.3 Å². The van der Waals surface area contributed by atoms with Crippen LogP contribution in [0.5, 0.6) is 5.75 Å². The lowest BCUT2D eigenvalue weighted by molar-refractivity contribution is 0.340. The maximum atomic E-state index is 5.43. The van der Waals surface area contributed by atoms with Gasteiger partial charge in [-0.25, -0.2) is 0 Å². The fourth-order valence-electron chi connectivity index (χ4n) is 0.882. The molecule has 2 N–H and O–H groups in total. The van der Waals surface area contributed by atoms with Gasteiger partial charge in [-0.15, -0.1) is 0 Å². The highest BCUT2D eigenvalue weighted by molar-refractivity contribution is 7.80. The minimum Gasteiger partial charge on any atom is -0.494 e. The highest BCUT2D eigenvalue weighted by atomic mass is 32.1. The molecule has 0 fully saturated rings. The summed E-state index contributed by atoms with van der Waals surface area (Å²) in [6.45, 7) is 2.62. The Balaban J connectivity index is 2.78. The Kier molecular flexibility index (Phi) is 3.05. The largest absolute Gasteiger partial charge is 0.494 e. The molecule has 0 bridgehead atoms. The lowest BCUT2D eigenvalue weighted by Crippen LogP contribution is -2.08. The second kappa shape index (κ2) is 4.07. The van der Waals surface area contributed by atoms with E-state index in [1.54, 1.807) is 0 Å². The first-order valence-corrected chi connectivity index (χ1v) is 4.17. The molecule has 1 aromatic rings. The van der Waals surface area contributed by atoms with Gasteiger partial charge >= 0.3 is 0 Å². The molecule has 0 aromatic heterocycles. The van der Waals surface area contributed by atoms with Crippen molar-refractivity contribution in [2.24, 2.45) is 5.73 Å². The van der Waals surface area contributed by atoms with Gasteiger partial charge < -0.3 is 10.5 Å². The van der Waals surface area contributed by atoms with Gasteiger partial charge in [0.05, 0.1) is 6.61 Å². The number of rotatable bonds is 3. The van der Waals surface area contributed by atoms with Crippen molar-refractivity contribution < 1.29 is 4.74 Å². The van der Waals surface area contributed by atoms with Gasteiger partial charge in [0.15, 0.2) is 0 Å². The molecule has 0 saturated carbocycles. The molecule has 0 amide bonds. The molecule has 12 heavy (non-hydrogen) atoms. The minimum absolute atomic E-state index is 0.415. The predicted octanol–water partition coefficient (Wildman–Crippen LogP) is 1.72. The third-order valence-electron chi connectivity index (χ3n) is 1.45. The van der Waals surface area contributed by atoms with Crippen LogP contribution in [0, 0.1) is 0 Å². The van der Waals surface area contributed by atoms with Crippen molar-refractivity contribution in [1.29, 1.82) is 0 Å². The second-order valence-corrected chi connectivity index (χ2v) is 2.76. The first kappa shape index (κ1) is 9.00. The van der Waals surface area contributed by atoms with Gasteiger partial charge in [0, 0.05) is 5.56 Å². The maximum absolute atomic E-state index is 5.43. The summed E-state index contributed by atoms with van der Waals surface area (Å²) in [5.74, 6) is 0.845. The fraction of sp³-hybridized carbons (Fsp3) is 0.222. The van der Waals surface area contributed by atoms with E-state index in [0.29, 0.717) is 11.6 Å². The van der Waals surface area contributed by atoms with Crippen molar-refractivity contribution in [2.45, 2.75) is 6.92 Å². The summed E-state index contributed by atoms with van der Waals surface area (Å²) in [7, 11) is 0. The molecule has 1 rings (SSSR count). The summed E-state index contributed by atoms with van der Waals surface area (Å²) in [5, 5.41) is 0. The topological polar surface area (TPSA) is 35.2 Å². The Hall–Kier alpha value is -1.09. The first-order valence-electron chi connectivity index (χ1n) is 3.76. The SMILES string of the molecule is CCOc1ccc(C(N)=S)cc1. The quantitative estimate of drug-likeness (QED) is 0.721. The third-order valence-corrected chi connectivity index (χ3v) is 1.69. The Bertz CT molecular complexity index is 268. The lowest BCUT2D eigenvalue weighted by atomic mass is 10.2. The number of hydrogen-bond donors (Lipinski definition) is 1. The van der Waals surface area contributed by atoms with E-state index in [2.05, 4.69) is 0 Å². The normalized spacial score (nSPS) is 9.42. The van der Waals surface area contributed by atoms with Crippen molar-refractivity contribution in [1.82, 2.24) is 0 Å². The lowest BCUT2D eigenvalue weighted by Gasteiger charge is -2.03. The highest BCUT2D eigenvalue weighted by Crippen LogP contribution is 2.11. The molecular formula is C9H11NOS. The van der Waals surface area contributed by atoms with Gasteiger partial charge in [0.2, 0.25) is 0 Å². The summed E-state index contributed by atoms with van der Waals surface area (Å²) in [4.78, 5) is 0.415. The van der Waals surface area contributed by atoms with Crippen LogP contribution in [0.25, 0.3) is 0 Å². The van der Waals surface area contributed by atoms with Gasteiger partial charge in [0.1, 0.15) is 10.7 Å². The first-order chi connectivity index (χ1) is 5.74. The smallest absolute Gasteiger partial charge is 0.119 e. The Morgan fingerprint density at radius 3 is 2.42 bits per heavy atom. The van der Waals surface area contributed by atoms with E-state index in [0.717, 1.165) is 11.3 Å². The van der Waals surface area contributed by atoms with Crippen molar-refractivity contribution in [3.05, 3.63) is 29.8 Å². The highest BCUT2D eigenvalue weighted by Gasteiger charge is 1.95. The van der Waals surface area contributed by atoms with Crippen molar-refractivity contribution >= 4 is 17.2 Å². The van der Waals surface area contributed by atoms with Gasteiger partial charge in [-0.05, 0) is 31.2 Å². The van der Waals surface area contributed by atoms with Crippen molar-refractivity contribution in [3.8, 4) is 5.75 Å². The van der Waals surface area contributed by atoms with Crippen LogP contribution in [-0.2, 0) is 0 Å². The molecule has 2 nitrogen and oxygen atoms in total. The van der Waals surface area contributed by atoms with Crippen LogP contribution in [0.2, 0.25) is 0 Å². The molecule has 3 heteroatoms. The van der Waals surface area contributed by atoms with E-state index in [9.17, 15) is 0 Å². The monoisotopic (exact) mass is 181 g/mol. The molecule has 0 heterocycles. The van der Waals surface area contributed by atoms with Crippen molar-refractivity contribution in [2.75, 3.05) is 6.61 Å². The molecular weight excluding hydrogens is 170 g/mol. The average molecular weight is 181 g/mol. The van der Waals surface area contributed by atoms with Gasteiger partial charge in [-0.3, -0.25) is 0 Å². The molecule has 0 spiro atoms. The third kappa shape index (κ3) is 2.20. The van der Waals surface area contributed by atoms with Crippen LogP contribution in [0.15, 0.2) is 24.3 Å². The van der Waals surface area contributed by atoms with E-state index in [1.807, 2.05) is 31.2 Å².